The van der Waals surface area contributed by atoms with E-state index in [0.29, 0.717) is 18.8 Å². The number of amides is 2. The van der Waals surface area contributed by atoms with Crippen LogP contribution in [0.2, 0.25) is 0 Å². The van der Waals surface area contributed by atoms with E-state index in [-0.39, 0.29) is 17.9 Å². The van der Waals surface area contributed by atoms with Gasteiger partial charge < -0.3 is 9.80 Å². The van der Waals surface area contributed by atoms with Crippen LogP contribution in [-0.4, -0.2) is 82.1 Å². The molecule has 3 rings (SSSR count). The fourth-order valence-corrected chi connectivity index (χ4v) is 2.96. The van der Waals surface area contributed by atoms with Crippen molar-refractivity contribution in [1.29, 1.82) is 0 Å². The van der Waals surface area contributed by atoms with Gasteiger partial charge in [-0.1, -0.05) is 0 Å². The molecule has 3 heterocycles. The van der Waals surface area contributed by atoms with Crippen LogP contribution in [0.1, 0.15) is 17.4 Å². The van der Waals surface area contributed by atoms with Crippen LogP contribution >= 0.6 is 0 Å². The van der Waals surface area contributed by atoms with Gasteiger partial charge in [-0.3, -0.25) is 19.2 Å². The van der Waals surface area contributed by atoms with Gasteiger partial charge in [0.15, 0.2) is 0 Å². The standard InChI is InChI=1S/C14H21N5O2/c1-3-19-5-4-11(15-19)13(20)18-9-8-17-7-6-16(2)14(21)12(17)10-18/h4-5,12H,3,6-10H2,1-2H3/t12-/m1/s1. The Morgan fingerprint density at radius 3 is 2.81 bits per heavy atom. The van der Waals surface area contributed by atoms with Crippen LogP contribution in [0.25, 0.3) is 0 Å². The lowest BCUT2D eigenvalue weighted by Crippen LogP contribution is -2.64. The summed E-state index contributed by atoms with van der Waals surface area (Å²) >= 11 is 0. The molecule has 7 nitrogen and oxygen atoms in total. The molecule has 0 saturated carbocycles. The van der Waals surface area contributed by atoms with Crippen molar-refractivity contribution in [1.82, 2.24) is 24.5 Å². The van der Waals surface area contributed by atoms with E-state index in [9.17, 15) is 9.59 Å². The summed E-state index contributed by atoms with van der Waals surface area (Å²) < 4.78 is 1.74. The Morgan fingerprint density at radius 1 is 1.33 bits per heavy atom. The molecular formula is C14H21N5O2. The monoisotopic (exact) mass is 291 g/mol. The summed E-state index contributed by atoms with van der Waals surface area (Å²) in [6.07, 6.45) is 1.81. The third-order valence-corrected chi connectivity index (χ3v) is 4.35. The molecule has 1 aromatic rings. The van der Waals surface area contributed by atoms with Crippen LogP contribution < -0.4 is 0 Å². The topological polar surface area (TPSA) is 61.7 Å². The Morgan fingerprint density at radius 2 is 2.10 bits per heavy atom. The summed E-state index contributed by atoms with van der Waals surface area (Å²) in [7, 11) is 1.82. The van der Waals surface area contributed by atoms with Crippen molar-refractivity contribution >= 4 is 11.8 Å². The fourth-order valence-electron chi connectivity index (χ4n) is 2.96. The molecule has 0 spiro atoms. The van der Waals surface area contributed by atoms with Crippen molar-refractivity contribution in [3.8, 4) is 0 Å². The molecule has 114 valence electrons. The first-order chi connectivity index (χ1) is 10.1. The van der Waals surface area contributed by atoms with Crippen LogP contribution in [0.4, 0.5) is 0 Å². The molecule has 0 radical (unpaired) electrons. The zero-order valence-corrected chi connectivity index (χ0v) is 12.5. The quantitative estimate of drug-likeness (QED) is 0.737. The number of hydrogen-bond acceptors (Lipinski definition) is 4. The zero-order chi connectivity index (χ0) is 15.0. The van der Waals surface area contributed by atoms with E-state index in [1.54, 1.807) is 20.5 Å². The fraction of sp³-hybridized carbons (Fsp3) is 0.643. The molecule has 2 saturated heterocycles. The Labute approximate surface area is 124 Å². The predicted molar refractivity (Wildman–Crippen MR) is 76.8 cm³/mol. The van der Waals surface area contributed by atoms with Gasteiger partial charge in [0.25, 0.3) is 5.91 Å². The smallest absolute Gasteiger partial charge is 0.274 e. The Bertz CT molecular complexity index is 555. The highest BCUT2D eigenvalue weighted by Gasteiger charge is 2.38. The number of nitrogens with zero attached hydrogens (tertiary/aromatic N) is 5. The number of carbonyl (C=O) groups is 2. The number of hydrogen-bond donors (Lipinski definition) is 0. The molecular weight excluding hydrogens is 270 g/mol. The first-order valence-electron chi connectivity index (χ1n) is 7.42. The molecule has 0 N–H and O–H groups in total. The van der Waals surface area contributed by atoms with Gasteiger partial charge in [-0.2, -0.15) is 5.10 Å². The minimum atomic E-state index is -0.199. The Balaban J connectivity index is 1.72. The van der Waals surface area contributed by atoms with E-state index >= 15 is 0 Å². The maximum absolute atomic E-state index is 12.5. The number of fused-ring (bicyclic) bond motifs is 1. The number of carbonyl (C=O) groups excluding carboxylic acids is 2. The molecule has 1 aromatic heterocycles. The number of piperazine rings is 2. The Hall–Kier alpha value is -1.89. The van der Waals surface area contributed by atoms with Gasteiger partial charge in [0.05, 0.1) is 0 Å². The second kappa shape index (κ2) is 5.48. The van der Waals surface area contributed by atoms with Gasteiger partial charge in [-0.05, 0) is 13.0 Å². The summed E-state index contributed by atoms with van der Waals surface area (Å²) in [6, 6.07) is 1.54. The third-order valence-electron chi connectivity index (χ3n) is 4.35. The zero-order valence-electron chi connectivity index (χ0n) is 12.5. The van der Waals surface area contributed by atoms with E-state index in [0.717, 1.165) is 26.2 Å². The van der Waals surface area contributed by atoms with Gasteiger partial charge in [0, 0.05) is 52.5 Å². The molecule has 21 heavy (non-hydrogen) atoms. The molecule has 0 unspecified atom stereocenters. The molecule has 0 aliphatic carbocycles. The van der Waals surface area contributed by atoms with E-state index < -0.39 is 0 Å². The van der Waals surface area contributed by atoms with Gasteiger partial charge in [0.2, 0.25) is 5.91 Å². The largest absolute Gasteiger partial charge is 0.343 e. The molecule has 2 aliphatic rings. The predicted octanol–water partition coefficient (Wildman–Crippen LogP) is -0.499. The van der Waals surface area contributed by atoms with Gasteiger partial charge >= 0.3 is 0 Å². The summed E-state index contributed by atoms with van der Waals surface area (Å²) in [5, 5.41) is 4.26. The molecule has 1 atom stereocenters. The lowest BCUT2D eigenvalue weighted by Gasteiger charge is -2.45. The maximum Gasteiger partial charge on any atom is 0.274 e. The molecule has 0 aromatic carbocycles. The summed E-state index contributed by atoms with van der Waals surface area (Å²) in [5.74, 6) is 0.0284. The van der Waals surface area contributed by atoms with E-state index in [2.05, 4.69) is 10.00 Å². The molecule has 2 aliphatic heterocycles. The van der Waals surface area contributed by atoms with Crippen LogP contribution in [0.3, 0.4) is 0 Å². The lowest BCUT2D eigenvalue weighted by molar-refractivity contribution is -0.142. The number of rotatable bonds is 2. The first kappa shape index (κ1) is 14.1. The minimum Gasteiger partial charge on any atom is -0.343 e. The van der Waals surface area contributed by atoms with E-state index in [1.807, 2.05) is 20.2 Å². The molecule has 0 bridgehead atoms. The molecule has 7 heteroatoms. The normalized spacial score (nSPS) is 23.3. The highest BCUT2D eigenvalue weighted by atomic mass is 16.2. The molecule has 2 amide bonds. The summed E-state index contributed by atoms with van der Waals surface area (Å²) in [5.41, 5.74) is 0.460. The number of aromatic nitrogens is 2. The highest BCUT2D eigenvalue weighted by Crippen LogP contribution is 2.17. The highest BCUT2D eigenvalue weighted by molar-refractivity contribution is 5.93. The average molecular weight is 291 g/mol. The van der Waals surface area contributed by atoms with Crippen LogP contribution in [0, 0.1) is 0 Å². The third kappa shape index (κ3) is 2.53. The summed E-state index contributed by atoms with van der Waals surface area (Å²) in [6.45, 7) is 6.25. The van der Waals surface area contributed by atoms with Crippen LogP contribution in [0.5, 0.6) is 0 Å². The van der Waals surface area contributed by atoms with E-state index in [1.165, 1.54) is 0 Å². The van der Waals surface area contributed by atoms with Crippen molar-refractivity contribution in [2.45, 2.75) is 19.5 Å². The van der Waals surface area contributed by atoms with Crippen molar-refractivity contribution in [2.24, 2.45) is 0 Å². The van der Waals surface area contributed by atoms with Crippen LogP contribution in [-0.2, 0) is 11.3 Å². The second-order valence-corrected chi connectivity index (χ2v) is 5.62. The average Bonchev–Trinajstić information content (AvgIpc) is 2.99. The first-order valence-corrected chi connectivity index (χ1v) is 7.42. The number of aryl methyl sites for hydroxylation is 1. The van der Waals surface area contributed by atoms with Gasteiger partial charge in [-0.25, -0.2) is 0 Å². The summed E-state index contributed by atoms with van der Waals surface area (Å²) in [4.78, 5) is 30.4. The van der Waals surface area contributed by atoms with Crippen molar-refractivity contribution in [2.75, 3.05) is 39.8 Å². The molecule has 2 fully saturated rings. The lowest BCUT2D eigenvalue weighted by atomic mass is 10.1. The second-order valence-electron chi connectivity index (χ2n) is 5.62. The van der Waals surface area contributed by atoms with Crippen LogP contribution in [0.15, 0.2) is 12.3 Å². The van der Waals surface area contributed by atoms with E-state index in [4.69, 9.17) is 0 Å². The minimum absolute atomic E-state index is 0.0807. The van der Waals surface area contributed by atoms with Crippen molar-refractivity contribution < 1.29 is 9.59 Å². The van der Waals surface area contributed by atoms with Crippen molar-refractivity contribution in [3.63, 3.8) is 0 Å². The Kier molecular flexibility index (Phi) is 3.67. The maximum atomic E-state index is 12.5. The van der Waals surface area contributed by atoms with Crippen molar-refractivity contribution in [3.05, 3.63) is 18.0 Å². The van der Waals surface area contributed by atoms with Gasteiger partial charge in [0.1, 0.15) is 11.7 Å². The SMILES string of the molecule is CCn1ccc(C(=O)N2CCN3CCN(C)C(=O)[C@H]3C2)n1. The van der Waals surface area contributed by atoms with Gasteiger partial charge in [-0.15, -0.1) is 0 Å². The number of likely N-dealkylation sites (N-methyl/N-ethyl adjacent to an activating group) is 1.